The van der Waals surface area contributed by atoms with Crippen LogP contribution in [0.5, 0.6) is 0 Å². The molecule has 2 aliphatic rings. The SMILES string of the molecule is CC1CC1NC(=O)C1(c2ccc(N)cc2)CC1. The molecule has 3 nitrogen and oxygen atoms in total. The van der Waals surface area contributed by atoms with Crippen LogP contribution in [0.4, 0.5) is 5.69 Å². The molecule has 2 atom stereocenters. The smallest absolute Gasteiger partial charge is 0.230 e. The summed E-state index contributed by atoms with van der Waals surface area (Å²) in [5, 5.41) is 3.15. The number of amides is 1. The Morgan fingerprint density at radius 3 is 2.41 bits per heavy atom. The number of carbonyl (C=O) groups excluding carboxylic acids is 1. The molecule has 1 amide bonds. The third-order valence-corrected chi connectivity index (χ3v) is 4.07. The molecular weight excluding hydrogens is 212 g/mol. The van der Waals surface area contributed by atoms with Crippen molar-refractivity contribution in [2.24, 2.45) is 5.92 Å². The molecular formula is C14H18N2O. The fraction of sp³-hybridized carbons (Fsp3) is 0.500. The van der Waals surface area contributed by atoms with Gasteiger partial charge in [0.05, 0.1) is 5.41 Å². The van der Waals surface area contributed by atoms with Crippen LogP contribution in [0.2, 0.25) is 0 Å². The van der Waals surface area contributed by atoms with Crippen LogP contribution in [0, 0.1) is 5.92 Å². The Balaban J connectivity index is 1.76. The lowest BCUT2D eigenvalue weighted by Gasteiger charge is -2.15. The van der Waals surface area contributed by atoms with E-state index in [4.69, 9.17) is 5.73 Å². The molecule has 90 valence electrons. The predicted octanol–water partition coefficient (Wildman–Crippen LogP) is 1.82. The summed E-state index contributed by atoms with van der Waals surface area (Å²) in [6, 6.07) is 8.13. The summed E-state index contributed by atoms with van der Waals surface area (Å²) >= 11 is 0. The molecule has 0 aromatic heterocycles. The van der Waals surface area contributed by atoms with Crippen LogP contribution in [0.15, 0.2) is 24.3 Å². The molecule has 0 bridgehead atoms. The van der Waals surface area contributed by atoms with Crippen LogP contribution in [0.1, 0.15) is 31.7 Å². The van der Waals surface area contributed by atoms with E-state index in [-0.39, 0.29) is 11.3 Å². The molecule has 0 saturated heterocycles. The Labute approximate surface area is 101 Å². The van der Waals surface area contributed by atoms with Crippen molar-refractivity contribution in [1.29, 1.82) is 0 Å². The molecule has 2 aliphatic carbocycles. The number of nitrogen functional groups attached to an aromatic ring is 1. The minimum absolute atomic E-state index is 0.205. The maximum atomic E-state index is 12.3. The van der Waals surface area contributed by atoms with E-state index >= 15 is 0 Å². The number of nitrogens with one attached hydrogen (secondary N) is 1. The molecule has 0 heterocycles. The molecule has 1 aromatic rings. The first kappa shape index (κ1) is 10.6. The van der Waals surface area contributed by atoms with E-state index in [1.54, 1.807) is 0 Å². The van der Waals surface area contributed by atoms with Gasteiger partial charge in [0.25, 0.3) is 0 Å². The van der Waals surface area contributed by atoms with Crippen molar-refractivity contribution in [3.63, 3.8) is 0 Å². The molecule has 1 aromatic carbocycles. The summed E-state index contributed by atoms with van der Waals surface area (Å²) < 4.78 is 0. The molecule has 3 N–H and O–H groups in total. The number of nitrogens with two attached hydrogens (primary N) is 1. The molecule has 3 rings (SSSR count). The number of rotatable bonds is 3. The number of carbonyl (C=O) groups is 1. The van der Waals surface area contributed by atoms with Crippen molar-refractivity contribution >= 4 is 11.6 Å². The molecule has 17 heavy (non-hydrogen) atoms. The lowest BCUT2D eigenvalue weighted by Crippen LogP contribution is -2.36. The van der Waals surface area contributed by atoms with Crippen LogP contribution in [0.25, 0.3) is 0 Å². The second-order valence-electron chi connectivity index (χ2n) is 5.50. The van der Waals surface area contributed by atoms with Gasteiger partial charge < -0.3 is 11.1 Å². The lowest BCUT2D eigenvalue weighted by atomic mass is 9.94. The van der Waals surface area contributed by atoms with Gasteiger partial charge in [-0.1, -0.05) is 19.1 Å². The summed E-state index contributed by atoms with van der Waals surface area (Å²) in [7, 11) is 0. The number of hydrogen-bond donors (Lipinski definition) is 2. The van der Waals surface area contributed by atoms with Gasteiger partial charge in [-0.15, -0.1) is 0 Å². The van der Waals surface area contributed by atoms with E-state index in [1.165, 1.54) is 0 Å². The van der Waals surface area contributed by atoms with E-state index in [9.17, 15) is 4.79 Å². The number of hydrogen-bond acceptors (Lipinski definition) is 2. The molecule has 2 unspecified atom stereocenters. The van der Waals surface area contributed by atoms with E-state index < -0.39 is 0 Å². The van der Waals surface area contributed by atoms with Gasteiger partial charge in [0.2, 0.25) is 5.91 Å². The quantitative estimate of drug-likeness (QED) is 0.778. The van der Waals surface area contributed by atoms with E-state index in [2.05, 4.69) is 12.2 Å². The number of benzene rings is 1. The summed E-state index contributed by atoms with van der Waals surface area (Å²) in [5.74, 6) is 0.859. The summed E-state index contributed by atoms with van der Waals surface area (Å²) in [6.45, 7) is 2.17. The highest BCUT2D eigenvalue weighted by Crippen LogP contribution is 2.49. The largest absolute Gasteiger partial charge is 0.399 e. The van der Waals surface area contributed by atoms with Gasteiger partial charge >= 0.3 is 0 Å². The third-order valence-electron chi connectivity index (χ3n) is 4.07. The zero-order chi connectivity index (χ0) is 12.0. The highest BCUT2D eigenvalue weighted by atomic mass is 16.2. The Morgan fingerprint density at radius 2 is 1.94 bits per heavy atom. The van der Waals surface area contributed by atoms with Gasteiger partial charge in [-0.2, -0.15) is 0 Å². The van der Waals surface area contributed by atoms with Crippen molar-refractivity contribution in [2.75, 3.05) is 5.73 Å². The van der Waals surface area contributed by atoms with Crippen molar-refractivity contribution in [2.45, 2.75) is 37.6 Å². The van der Waals surface area contributed by atoms with Crippen LogP contribution in [-0.2, 0) is 10.2 Å². The van der Waals surface area contributed by atoms with Crippen molar-refractivity contribution in [3.05, 3.63) is 29.8 Å². The fourth-order valence-electron chi connectivity index (χ4n) is 2.40. The first-order valence-electron chi connectivity index (χ1n) is 6.29. The standard InChI is InChI=1S/C14H18N2O/c1-9-8-12(9)16-13(17)14(6-7-14)10-2-4-11(15)5-3-10/h2-5,9,12H,6-8,15H2,1H3,(H,16,17). The minimum Gasteiger partial charge on any atom is -0.399 e. The maximum Gasteiger partial charge on any atom is 0.230 e. The molecule has 2 fully saturated rings. The van der Waals surface area contributed by atoms with Crippen LogP contribution in [-0.4, -0.2) is 11.9 Å². The average Bonchev–Trinajstić information content (AvgIpc) is 3.18. The average molecular weight is 230 g/mol. The first-order valence-corrected chi connectivity index (χ1v) is 6.29. The molecule has 3 heteroatoms. The summed E-state index contributed by atoms with van der Waals surface area (Å²) in [6.07, 6.45) is 3.05. The topological polar surface area (TPSA) is 55.1 Å². The van der Waals surface area contributed by atoms with Gasteiger partial charge in [0.15, 0.2) is 0 Å². The molecule has 2 saturated carbocycles. The van der Waals surface area contributed by atoms with E-state index in [0.717, 1.165) is 30.5 Å². The van der Waals surface area contributed by atoms with Crippen LogP contribution >= 0.6 is 0 Å². The van der Waals surface area contributed by atoms with Crippen molar-refractivity contribution in [3.8, 4) is 0 Å². The fourth-order valence-corrected chi connectivity index (χ4v) is 2.40. The zero-order valence-corrected chi connectivity index (χ0v) is 10.1. The Morgan fingerprint density at radius 1 is 1.35 bits per heavy atom. The van der Waals surface area contributed by atoms with Gasteiger partial charge in [-0.3, -0.25) is 4.79 Å². The van der Waals surface area contributed by atoms with Crippen LogP contribution in [0.3, 0.4) is 0 Å². The molecule has 0 aliphatic heterocycles. The first-order chi connectivity index (χ1) is 8.12. The summed E-state index contributed by atoms with van der Waals surface area (Å²) in [5.41, 5.74) is 7.28. The lowest BCUT2D eigenvalue weighted by molar-refractivity contribution is -0.123. The van der Waals surface area contributed by atoms with Gasteiger partial charge in [0.1, 0.15) is 0 Å². The third kappa shape index (κ3) is 1.79. The molecule has 0 spiro atoms. The highest BCUT2D eigenvalue weighted by Gasteiger charge is 2.52. The summed E-state index contributed by atoms with van der Waals surface area (Å²) in [4.78, 5) is 12.3. The monoisotopic (exact) mass is 230 g/mol. The Kier molecular flexibility index (Phi) is 2.18. The second kappa shape index (κ2) is 3.49. The van der Waals surface area contributed by atoms with Crippen molar-refractivity contribution in [1.82, 2.24) is 5.32 Å². The van der Waals surface area contributed by atoms with E-state index in [1.807, 2.05) is 24.3 Å². The van der Waals surface area contributed by atoms with Gasteiger partial charge in [-0.05, 0) is 42.9 Å². The Hall–Kier alpha value is -1.51. The normalized spacial score (nSPS) is 28.5. The van der Waals surface area contributed by atoms with Crippen molar-refractivity contribution < 1.29 is 4.79 Å². The number of anilines is 1. The van der Waals surface area contributed by atoms with Gasteiger partial charge in [0, 0.05) is 11.7 Å². The van der Waals surface area contributed by atoms with E-state index in [0.29, 0.717) is 12.0 Å². The highest BCUT2D eigenvalue weighted by molar-refractivity contribution is 5.91. The molecule has 0 radical (unpaired) electrons. The Bertz CT molecular complexity index is 448. The second-order valence-corrected chi connectivity index (χ2v) is 5.50. The van der Waals surface area contributed by atoms with Gasteiger partial charge in [-0.25, -0.2) is 0 Å². The minimum atomic E-state index is -0.254. The predicted molar refractivity (Wildman–Crippen MR) is 67.5 cm³/mol. The van der Waals surface area contributed by atoms with Crippen LogP contribution < -0.4 is 11.1 Å². The zero-order valence-electron chi connectivity index (χ0n) is 10.1. The maximum absolute atomic E-state index is 12.3.